The smallest absolute Gasteiger partial charge is 0.0107 e. The van der Waals surface area contributed by atoms with Gasteiger partial charge in [-0.05, 0) is 45.6 Å². The number of likely N-dealkylation sites (N-methyl/N-ethyl adjacent to an activating group) is 1. The van der Waals surface area contributed by atoms with Crippen LogP contribution < -0.4 is 5.32 Å². The lowest BCUT2D eigenvalue weighted by Gasteiger charge is -2.29. The Balaban J connectivity index is 1.57. The van der Waals surface area contributed by atoms with Crippen LogP contribution in [0, 0.1) is 5.92 Å². The molecule has 2 nitrogen and oxygen atoms in total. The molecule has 0 aromatic carbocycles. The molecule has 0 heterocycles. The highest BCUT2D eigenvalue weighted by molar-refractivity contribution is 4.83. The summed E-state index contributed by atoms with van der Waals surface area (Å²) in [5.41, 5.74) is 0. The van der Waals surface area contributed by atoms with E-state index in [1.807, 2.05) is 0 Å². The normalized spacial score (nSPS) is 24.9. The maximum atomic E-state index is 3.72. The van der Waals surface area contributed by atoms with Gasteiger partial charge in [0.15, 0.2) is 0 Å². The van der Waals surface area contributed by atoms with Crippen molar-refractivity contribution in [1.29, 1.82) is 0 Å². The molecule has 94 valence electrons. The van der Waals surface area contributed by atoms with Crippen LogP contribution in [-0.2, 0) is 0 Å². The SMILES string of the molecule is CC(NCCN(C)C1CC1)C1CCCCC1. The van der Waals surface area contributed by atoms with Gasteiger partial charge in [-0.1, -0.05) is 19.3 Å². The first-order chi connectivity index (χ1) is 7.77. The Kier molecular flexibility index (Phi) is 4.66. The standard InChI is InChI=1S/C14H28N2/c1-12(13-6-4-3-5-7-13)15-10-11-16(2)14-8-9-14/h12-15H,3-11H2,1-2H3. The molecule has 0 radical (unpaired) electrons. The van der Waals surface area contributed by atoms with Crippen molar-refractivity contribution in [1.82, 2.24) is 10.2 Å². The Morgan fingerprint density at radius 1 is 1.12 bits per heavy atom. The van der Waals surface area contributed by atoms with Crippen LogP contribution >= 0.6 is 0 Å². The van der Waals surface area contributed by atoms with Gasteiger partial charge in [-0.25, -0.2) is 0 Å². The van der Waals surface area contributed by atoms with Gasteiger partial charge in [-0.2, -0.15) is 0 Å². The zero-order valence-corrected chi connectivity index (χ0v) is 11.0. The number of hydrogen-bond acceptors (Lipinski definition) is 2. The second-order valence-electron chi connectivity index (χ2n) is 5.85. The van der Waals surface area contributed by atoms with Crippen molar-refractivity contribution >= 4 is 0 Å². The zero-order valence-electron chi connectivity index (χ0n) is 11.0. The lowest BCUT2D eigenvalue weighted by Crippen LogP contribution is -2.39. The van der Waals surface area contributed by atoms with Crippen molar-refractivity contribution in [2.75, 3.05) is 20.1 Å². The third kappa shape index (κ3) is 3.74. The number of rotatable bonds is 6. The second-order valence-corrected chi connectivity index (χ2v) is 5.85. The molecule has 2 rings (SSSR count). The van der Waals surface area contributed by atoms with Gasteiger partial charge in [0.05, 0.1) is 0 Å². The van der Waals surface area contributed by atoms with Gasteiger partial charge in [0, 0.05) is 25.2 Å². The summed E-state index contributed by atoms with van der Waals surface area (Å²) in [5, 5.41) is 3.72. The molecule has 0 amide bonds. The Morgan fingerprint density at radius 2 is 1.81 bits per heavy atom. The molecule has 1 N–H and O–H groups in total. The van der Waals surface area contributed by atoms with Crippen molar-refractivity contribution in [2.45, 2.75) is 64.0 Å². The van der Waals surface area contributed by atoms with E-state index in [0.717, 1.165) is 18.0 Å². The van der Waals surface area contributed by atoms with Gasteiger partial charge in [0.1, 0.15) is 0 Å². The fourth-order valence-electron chi connectivity index (χ4n) is 2.97. The number of nitrogens with one attached hydrogen (secondary N) is 1. The summed E-state index contributed by atoms with van der Waals surface area (Å²) in [6.45, 7) is 4.78. The first kappa shape index (κ1) is 12.4. The fourth-order valence-corrected chi connectivity index (χ4v) is 2.97. The van der Waals surface area contributed by atoms with E-state index in [0.29, 0.717) is 0 Å². The average molecular weight is 224 g/mol. The van der Waals surface area contributed by atoms with E-state index >= 15 is 0 Å². The summed E-state index contributed by atoms with van der Waals surface area (Å²) in [7, 11) is 2.27. The predicted octanol–water partition coefficient (Wildman–Crippen LogP) is 2.64. The molecular weight excluding hydrogens is 196 g/mol. The van der Waals surface area contributed by atoms with E-state index in [2.05, 4.69) is 24.2 Å². The Hall–Kier alpha value is -0.0800. The van der Waals surface area contributed by atoms with E-state index in [1.54, 1.807) is 0 Å². The van der Waals surface area contributed by atoms with Gasteiger partial charge in [0.2, 0.25) is 0 Å². The van der Waals surface area contributed by atoms with Crippen molar-refractivity contribution in [3.63, 3.8) is 0 Å². The highest BCUT2D eigenvalue weighted by Crippen LogP contribution is 2.26. The summed E-state index contributed by atoms with van der Waals surface area (Å²) in [4.78, 5) is 2.51. The zero-order chi connectivity index (χ0) is 11.4. The van der Waals surface area contributed by atoms with Gasteiger partial charge in [-0.15, -0.1) is 0 Å². The molecule has 0 spiro atoms. The van der Waals surface area contributed by atoms with E-state index < -0.39 is 0 Å². The van der Waals surface area contributed by atoms with Crippen LogP contribution in [-0.4, -0.2) is 37.1 Å². The Labute approximate surface area is 101 Å². The summed E-state index contributed by atoms with van der Waals surface area (Å²) < 4.78 is 0. The molecule has 16 heavy (non-hydrogen) atoms. The monoisotopic (exact) mass is 224 g/mol. The first-order valence-electron chi connectivity index (χ1n) is 7.21. The number of hydrogen-bond donors (Lipinski definition) is 1. The summed E-state index contributed by atoms with van der Waals surface area (Å²) in [6.07, 6.45) is 10.1. The van der Waals surface area contributed by atoms with Gasteiger partial charge >= 0.3 is 0 Å². The van der Waals surface area contributed by atoms with E-state index in [4.69, 9.17) is 0 Å². The average Bonchev–Trinajstić information content (AvgIpc) is 3.14. The van der Waals surface area contributed by atoms with Gasteiger partial charge in [0.25, 0.3) is 0 Å². The Bertz CT molecular complexity index is 195. The quantitative estimate of drug-likeness (QED) is 0.746. The van der Waals surface area contributed by atoms with Crippen LogP contribution in [0.2, 0.25) is 0 Å². The molecule has 0 aliphatic heterocycles. The highest BCUT2D eigenvalue weighted by Gasteiger charge is 2.25. The molecule has 0 aromatic heterocycles. The Morgan fingerprint density at radius 3 is 2.44 bits per heavy atom. The summed E-state index contributed by atoms with van der Waals surface area (Å²) >= 11 is 0. The van der Waals surface area contributed by atoms with Crippen LogP contribution in [0.25, 0.3) is 0 Å². The predicted molar refractivity (Wildman–Crippen MR) is 69.7 cm³/mol. The maximum Gasteiger partial charge on any atom is 0.0107 e. The minimum Gasteiger partial charge on any atom is -0.313 e. The van der Waals surface area contributed by atoms with E-state index in [1.165, 1.54) is 58.0 Å². The highest BCUT2D eigenvalue weighted by atomic mass is 15.2. The third-order valence-electron chi connectivity index (χ3n) is 4.46. The topological polar surface area (TPSA) is 15.3 Å². The van der Waals surface area contributed by atoms with Crippen LogP contribution in [0.4, 0.5) is 0 Å². The minimum atomic E-state index is 0.730. The van der Waals surface area contributed by atoms with E-state index in [-0.39, 0.29) is 0 Å². The van der Waals surface area contributed by atoms with Crippen molar-refractivity contribution < 1.29 is 0 Å². The molecule has 2 saturated carbocycles. The van der Waals surface area contributed by atoms with Crippen LogP contribution in [0.1, 0.15) is 51.9 Å². The molecular formula is C14H28N2. The van der Waals surface area contributed by atoms with Crippen molar-refractivity contribution in [3.05, 3.63) is 0 Å². The molecule has 0 bridgehead atoms. The minimum absolute atomic E-state index is 0.730. The maximum absolute atomic E-state index is 3.72. The number of nitrogens with zero attached hydrogens (tertiary/aromatic N) is 1. The molecule has 2 heteroatoms. The second kappa shape index (κ2) is 6.02. The third-order valence-corrected chi connectivity index (χ3v) is 4.46. The van der Waals surface area contributed by atoms with Gasteiger partial charge in [-0.3, -0.25) is 0 Å². The largest absolute Gasteiger partial charge is 0.313 e. The van der Waals surface area contributed by atoms with Crippen LogP contribution in [0.5, 0.6) is 0 Å². The van der Waals surface area contributed by atoms with Crippen molar-refractivity contribution in [3.8, 4) is 0 Å². The lowest BCUT2D eigenvalue weighted by atomic mass is 9.84. The lowest BCUT2D eigenvalue weighted by molar-refractivity contribution is 0.262. The molecule has 1 unspecified atom stereocenters. The van der Waals surface area contributed by atoms with E-state index in [9.17, 15) is 0 Å². The molecule has 0 saturated heterocycles. The molecule has 1 atom stereocenters. The van der Waals surface area contributed by atoms with Crippen molar-refractivity contribution in [2.24, 2.45) is 5.92 Å². The molecule has 2 aliphatic rings. The molecule has 2 aliphatic carbocycles. The van der Waals surface area contributed by atoms with Gasteiger partial charge < -0.3 is 10.2 Å². The molecule has 0 aromatic rings. The molecule has 2 fully saturated rings. The first-order valence-corrected chi connectivity index (χ1v) is 7.21. The van der Waals surface area contributed by atoms with Crippen LogP contribution in [0.15, 0.2) is 0 Å². The summed E-state index contributed by atoms with van der Waals surface area (Å²) in [5.74, 6) is 0.944. The van der Waals surface area contributed by atoms with Crippen LogP contribution in [0.3, 0.4) is 0 Å². The summed E-state index contributed by atoms with van der Waals surface area (Å²) in [6, 6.07) is 1.64. The fraction of sp³-hybridized carbons (Fsp3) is 1.00.